The summed E-state index contributed by atoms with van der Waals surface area (Å²) in [6, 6.07) is 11.3. The molecule has 0 bridgehead atoms. The Morgan fingerprint density at radius 3 is 2.53 bits per heavy atom. The smallest absolute Gasteiger partial charge is 0.343 e. The summed E-state index contributed by atoms with van der Waals surface area (Å²) >= 11 is 0. The maximum Gasteiger partial charge on any atom is 0.343 e. The van der Waals surface area contributed by atoms with Gasteiger partial charge in [-0.1, -0.05) is 25.1 Å². The van der Waals surface area contributed by atoms with Gasteiger partial charge in [-0.05, 0) is 42.7 Å². The highest BCUT2D eigenvalue weighted by Gasteiger charge is 2.50. The van der Waals surface area contributed by atoms with Crippen LogP contribution in [0.5, 0.6) is 5.75 Å². The number of anilines is 1. The van der Waals surface area contributed by atoms with Crippen LogP contribution in [0, 0.1) is 27.9 Å². The van der Waals surface area contributed by atoms with E-state index in [1.54, 1.807) is 12.1 Å². The maximum atomic E-state index is 12.8. The number of esters is 1. The number of nitro groups is 1. The van der Waals surface area contributed by atoms with Gasteiger partial charge in [0.25, 0.3) is 5.69 Å². The van der Waals surface area contributed by atoms with Crippen LogP contribution >= 0.6 is 0 Å². The Kier molecular flexibility index (Phi) is 4.91. The average Bonchev–Trinajstić information content (AvgIpc) is 3.00. The van der Waals surface area contributed by atoms with E-state index in [-0.39, 0.29) is 46.6 Å². The second-order valence-electron chi connectivity index (χ2n) is 7.36. The van der Waals surface area contributed by atoms with Gasteiger partial charge in [0.2, 0.25) is 11.8 Å². The molecule has 0 N–H and O–H groups in total. The highest BCUT2D eigenvalue weighted by Crippen LogP contribution is 2.40. The fourth-order valence-corrected chi connectivity index (χ4v) is 3.98. The summed E-state index contributed by atoms with van der Waals surface area (Å²) in [7, 11) is 0. The first-order chi connectivity index (χ1) is 14.4. The second kappa shape index (κ2) is 7.55. The molecule has 2 amide bonds. The van der Waals surface area contributed by atoms with Gasteiger partial charge in [-0.25, -0.2) is 4.79 Å². The van der Waals surface area contributed by atoms with E-state index in [2.05, 4.69) is 0 Å². The Morgan fingerprint density at radius 1 is 1.13 bits per heavy atom. The molecule has 0 unspecified atom stereocenters. The summed E-state index contributed by atoms with van der Waals surface area (Å²) in [4.78, 5) is 49.3. The molecule has 0 spiro atoms. The number of benzene rings is 2. The molecule has 2 aromatic carbocycles. The summed E-state index contributed by atoms with van der Waals surface area (Å²) in [5.74, 6) is -1.68. The van der Waals surface area contributed by atoms with Crippen molar-refractivity contribution in [2.45, 2.75) is 13.3 Å². The van der Waals surface area contributed by atoms with Crippen LogP contribution in [-0.4, -0.2) is 22.7 Å². The Bertz CT molecular complexity index is 1080. The van der Waals surface area contributed by atoms with E-state index in [4.69, 9.17) is 4.74 Å². The molecule has 1 heterocycles. The highest BCUT2D eigenvalue weighted by molar-refractivity contribution is 6.22. The lowest BCUT2D eigenvalue weighted by Gasteiger charge is -2.22. The molecule has 2 aliphatic rings. The van der Waals surface area contributed by atoms with Gasteiger partial charge < -0.3 is 4.74 Å². The van der Waals surface area contributed by atoms with Gasteiger partial charge in [0.05, 0.1) is 28.0 Å². The lowest BCUT2D eigenvalue weighted by Crippen LogP contribution is -2.31. The van der Waals surface area contributed by atoms with E-state index in [0.29, 0.717) is 12.1 Å². The van der Waals surface area contributed by atoms with E-state index in [1.165, 1.54) is 35.2 Å². The van der Waals surface area contributed by atoms with Gasteiger partial charge in [0.1, 0.15) is 5.75 Å². The molecule has 4 rings (SSSR count). The van der Waals surface area contributed by atoms with Gasteiger partial charge >= 0.3 is 5.97 Å². The Labute approximate surface area is 171 Å². The first kappa shape index (κ1) is 19.5. The summed E-state index contributed by atoms with van der Waals surface area (Å²) in [5, 5.41) is 10.9. The number of fused-ring (bicyclic) bond motifs is 1. The normalized spacial score (nSPS) is 22.7. The van der Waals surface area contributed by atoms with Crippen molar-refractivity contribution in [3.05, 3.63) is 76.4 Å². The van der Waals surface area contributed by atoms with Gasteiger partial charge in [-0.15, -0.1) is 0 Å². The van der Waals surface area contributed by atoms with Crippen molar-refractivity contribution < 1.29 is 24.0 Å². The Morgan fingerprint density at radius 2 is 1.87 bits per heavy atom. The van der Waals surface area contributed by atoms with Crippen LogP contribution in [0.4, 0.5) is 11.4 Å². The Balaban J connectivity index is 1.50. The number of amides is 2. The zero-order valence-electron chi connectivity index (χ0n) is 16.1. The number of nitro benzene ring substituents is 1. The molecular formula is C22H18N2O6. The van der Waals surface area contributed by atoms with Crippen LogP contribution < -0.4 is 9.64 Å². The molecule has 152 valence electrons. The number of imide groups is 1. The van der Waals surface area contributed by atoms with Gasteiger partial charge in [0.15, 0.2) is 0 Å². The summed E-state index contributed by atoms with van der Waals surface area (Å²) in [6.07, 6.45) is 4.46. The molecule has 0 radical (unpaired) electrons. The number of rotatable bonds is 4. The third-order valence-corrected chi connectivity index (χ3v) is 5.47. The highest BCUT2D eigenvalue weighted by atomic mass is 16.6. The van der Waals surface area contributed by atoms with Crippen molar-refractivity contribution >= 4 is 29.2 Å². The minimum atomic E-state index is -0.745. The number of hydrogen-bond acceptors (Lipinski definition) is 6. The standard InChI is InChI=1S/C22H18N2O6/c1-13-4-2-7-18-19(13)21(26)23(20(18)25)15-8-10-17(11-9-15)30-22(27)14-5-3-6-16(12-14)24(28)29/h2-6,8-13,18-19H,7H2,1H3/t13-,18-,19+/m1/s1. The van der Waals surface area contributed by atoms with Gasteiger partial charge in [-0.2, -0.15) is 0 Å². The van der Waals surface area contributed by atoms with E-state index < -0.39 is 10.9 Å². The molecule has 1 aliphatic heterocycles. The number of hydrogen-bond donors (Lipinski definition) is 0. The monoisotopic (exact) mass is 406 g/mol. The minimum absolute atomic E-state index is 0.000331. The fraction of sp³-hybridized carbons (Fsp3) is 0.227. The van der Waals surface area contributed by atoms with E-state index >= 15 is 0 Å². The summed E-state index contributed by atoms with van der Waals surface area (Å²) < 4.78 is 5.26. The van der Waals surface area contributed by atoms with Crippen molar-refractivity contribution in [2.75, 3.05) is 4.90 Å². The third kappa shape index (κ3) is 3.36. The fourth-order valence-electron chi connectivity index (χ4n) is 3.98. The average molecular weight is 406 g/mol. The number of non-ortho nitro benzene ring substituents is 1. The maximum absolute atomic E-state index is 12.8. The minimum Gasteiger partial charge on any atom is -0.423 e. The lowest BCUT2D eigenvalue weighted by molar-refractivity contribution is -0.384. The van der Waals surface area contributed by atoms with E-state index in [1.807, 2.05) is 19.1 Å². The second-order valence-corrected chi connectivity index (χ2v) is 7.36. The van der Waals surface area contributed by atoms with E-state index in [0.717, 1.165) is 6.07 Å². The number of allylic oxidation sites excluding steroid dienone is 2. The molecule has 3 atom stereocenters. The topological polar surface area (TPSA) is 107 Å². The SMILES string of the molecule is C[C@@H]1C=CC[C@H]2C(=O)N(c3ccc(OC(=O)c4cccc([N+](=O)[O-])c4)cc3)C(=O)[C@@H]12. The van der Waals surface area contributed by atoms with Crippen molar-refractivity contribution in [1.29, 1.82) is 0 Å². The molecule has 8 nitrogen and oxygen atoms in total. The van der Waals surface area contributed by atoms with Gasteiger partial charge in [-0.3, -0.25) is 24.6 Å². The molecule has 2 aromatic rings. The molecule has 1 fully saturated rings. The Hall–Kier alpha value is -3.81. The summed E-state index contributed by atoms with van der Waals surface area (Å²) in [5.41, 5.74) is 0.251. The third-order valence-electron chi connectivity index (χ3n) is 5.47. The molecule has 0 saturated carbocycles. The molecule has 1 saturated heterocycles. The lowest BCUT2D eigenvalue weighted by atomic mass is 9.78. The van der Waals surface area contributed by atoms with Crippen LogP contribution in [0.2, 0.25) is 0 Å². The predicted molar refractivity (Wildman–Crippen MR) is 107 cm³/mol. The zero-order chi connectivity index (χ0) is 21.4. The van der Waals surface area contributed by atoms with Crippen molar-refractivity contribution in [2.24, 2.45) is 17.8 Å². The van der Waals surface area contributed by atoms with Crippen LogP contribution in [-0.2, 0) is 9.59 Å². The zero-order valence-corrected chi connectivity index (χ0v) is 16.1. The number of carbonyl (C=O) groups is 3. The molecule has 1 aliphatic carbocycles. The molecular weight excluding hydrogens is 388 g/mol. The molecule has 0 aromatic heterocycles. The predicted octanol–water partition coefficient (Wildman–Crippen LogP) is 3.52. The largest absolute Gasteiger partial charge is 0.423 e. The van der Waals surface area contributed by atoms with Crippen LogP contribution in [0.15, 0.2) is 60.7 Å². The first-order valence-corrected chi connectivity index (χ1v) is 9.48. The van der Waals surface area contributed by atoms with Crippen LogP contribution in [0.25, 0.3) is 0 Å². The molecule has 30 heavy (non-hydrogen) atoms. The number of nitrogens with zero attached hydrogens (tertiary/aromatic N) is 2. The van der Waals surface area contributed by atoms with Crippen LogP contribution in [0.1, 0.15) is 23.7 Å². The van der Waals surface area contributed by atoms with Gasteiger partial charge in [0, 0.05) is 12.1 Å². The number of ether oxygens (including phenoxy) is 1. The van der Waals surface area contributed by atoms with Crippen molar-refractivity contribution in [1.82, 2.24) is 0 Å². The van der Waals surface area contributed by atoms with E-state index in [9.17, 15) is 24.5 Å². The van der Waals surface area contributed by atoms with Crippen molar-refractivity contribution in [3.8, 4) is 5.75 Å². The quantitative estimate of drug-likeness (QED) is 0.192. The summed E-state index contributed by atoms with van der Waals surface area (Å²) in [6.45, 7) is 1.93. The first-order valence-electron chi connectivity index (χ1n) is 9.48. The van der Waals surface area contributed by atoms with Crippen molar-refractivity contribution in [3.63, 3.8) is 0 Å². The van der Waals surface area contributed by atoms with Crippen LogP contribution in [0.3, 0.4) is 0 Å². The number of carbonyl (C=O) groups excluding carboxylic acids is 3. The molecule has 8 heteroatoms.